The summed E-state index contributed by atoms with van der Waals surface area (Å²) in [6, 6.07) is 9.10. The Kier molecular flexibility index (Phi) is 4.74. The molecule has 3 rings (SSSR count). The lowest BCUT2D eigenvalue weighted by Gasteiger charge is -2.17. The van der Waals surface area contributed by atoms with Crippen LogP contribution in [0.25, 0.3) is 0 Å². The first kappa shape index (κ1) is 16.0. The average Bonchev–Trinajstić information content (AvgIpc) is 2.59. The number of aromatic nitrogens is 1. The number of anilines is 1. The molecule has 6 heteroatoms. The van der Waals surface area contributed by atoms with Crippen molar-refractivity contribution in [3.8, 4) is 5.75 Å². The fourth-order valence-electron chi connectivity index (χ4n) is 2.51. The van der Waals surface area contributed by atoms with Crippen LogP contribution in [-0.2, 0) is 16.0 Å². The largest absolute Gasteiger partial charge is 0.490 e. The van der Waals surface area contributed by atoms with Crippen molar-refractivity contribution >= 4 is 17.6 Å². The number of esters is 1. The van der Waals surface area contributed by atoms with Gasteiger partial charge in [-0.15, -0.1) is 0 Å². The lowest BCUT2D eigenvalue weighted by atomic mass is 10.0. The number of benzene rings is 1. The molecule has 24 heavy (non-hydrogen) atoms. The summed E-state index contributed by atoms with van der Waals surface area (Å²) >= 11 is 0. The van der Waals surface area contributed by atoms with Gasteiger partial charge in [-0.2, -0.15) is 0 Å². The summed E-state index contributed by atoms with van der Waals surface area (Å²) in [6.45, 7) is 2.21. The number of carbonyl (C=O) groups excluding carboxylic acids is 2. The molecule has 0 radical (unpaired) electrons. The quantitative estimate of drug-likeness (QED) is 0.675. The van der Waals surface area contributed by atoms with Crippen LogP contribution in [0.1, 0.15) is 28.0 Å². The van der Waals surface area contributed by atoms with Gasteiger partial charge in [0.05, 0.1) is 0 Å². The molecule has 1 aliphatic heterocycles. The normalized spacial score (nSPS) is 13.0. The molecule has 1 aromatic heterocycles. The molecule has 2 aromatic rings. The van der Waals surface area contributed by atoms with Crippen molar-refractivity contribution in [3.63, 3.8) is 0 Å². The average molecular weight is 326 g/mol. The van der Waals surface area contributed by atoms with Gasteiger partial charge in [0, 0.05) is 18.3 Å². The lowest BCUT2D eigenvalue weighted by Crippen LogP contribution is -2.19. The first-order chi connectivity index (χ1) is 11.6. The number of amides is 1. The molecule has 0 saturated heterocycles. The number of aryl methyl sites for hydroxylation is 2. The number of ether oxygens (including phenoxy) is 2. The molecule has 0 saturated carbocycles. The van der Waals surface area contributed by atoms with Crippen molar-refractivity contribution < 1.29 is 19.1 Å². The second kappa shape index (κ2) is 7.12. The molecular weight excluding hydrogens is 308 g/mol. The van der Waals surface area contributed by atoms with E-state index < -0.39 is 5.97 Å². The Morgan fingerprint density at radius 3 is 2.96 bits per heavy atom. The van der Waals surface area contributed by atoms with E-state index in [1.807, 2.05) is 25.1 Å². The van der Waals surface area contributed by atoms with Crippen LogP contribution in [0.5, 0.6) is 5.75 Å². The molecule has 0 fully saturated rings. The predicted molar refractivity (Wildman–Crippen MR) is 88.1 cm³/mol. The fourth-order valence-corrected chi connectivity index (χ4v) is 2.51. The Hall–Kier alpha value is -2.89. The van der Waals surface area contributed by atoms with Crippen LogP contribution < -0.4 is 10.1 Å². The first-order valence-corrected chi connectivity index (χ1v) is 7.78. The molecule has 0 atom stereocenters. The van der Waals surface area contributed by atoms with Crippen LogP contribution in [0.2, 0.25) is 0 Å². The molecule has 1 aliphatic rings. The van der Waals surface area contributed by atoms with Crippen LogP contribution >= 0.6 is 0 Å². The second-order valence-electron chi connectivity index (χ2n) is 5.52. The van der Waals surface area contributed by atoms with Crippen molar-refractivity contribution in [2.24, 2.45) is 0 Å². The summed E-state index contributed by atoms with van der Waals surface area (Å²) < 4.78 is 10.8. The molecule has 124 valence electrons. The highest BCUT2D eigenvalue weighted by Gasteiger charge is 2.15. The molecule has 1 N–H and O–H groups in total. The van der Waals surface area contributed by atoms with Crippen molar-refractivity contribution in [1.29, 1.82) is 0 Å². The summed E-state index contributed by atoms with van der Waals surface area (Å²) in [4.78, 5) is 27.3. The van der Waals surface area contributed by atoms with E-state index in [9.17, 15) is 9.59 Å². The molecule has 1 aromatic carbocycles. The third-order valence-corrected chi connectivity index (χ3v) is 3.76. The second-order valence-corrected chi connectivity index (χ2v) is 5.52. The van der Waals surface area contributed by atoms with Crippen molar-refractivity contribution in [2.45, 2.75) is 19.8 Å². The number of carbonyl (C=O) groups is 2. The van der Waals surface area contributed by atoms with Crippen LogP contribution in [0.15, 0.2) is 36.5 Å². The van der Waals surface area contributed by atoms with E-state index in [0.29, 0.717) is 24.3 Å². The number of nitrogens with zero attached hydrogens (tertiary/aromatic N) is 1. The van der Waals surface area contributed by atoms with Gasteiger partial charge in [-0.3, -0.25) is 4.79 Å². The van der Waals surface area contributed by atoms with Gasteiger partial charge >= 0.3 is 5.97 Å². The first-order valence-electron chi connectivity index (χ1n) is 7.78. The molecule has 6 nitrogen and oxygen atoms in total. The number of rotatable bonds is 5. The number of pyridine rings is 1. The smallest absolute Gasteiger partial charge is 0.357 e. The van der Waals surface area contributed by atoms with Crippen LogP contribution in [0.3, 0.4) is 0 Å². The van der Waals surface area contributed by atoms with Gasteiger partial charge in [0.25, 0.3) is 0 Å². The topological polar surface area (TPSA) is 77.5 Å². The van der Waals surface area contributed by atoms with Crippen molar-refractivity contribution in [3.05, 3.63) is 53.3 Å². The molecule has 0 aliphatic carbocycles. The zero-order valence-corrected chi connectivity index (χ0v) is 13.4. The summed E-state index contributed by atoms with van der Waals surface area (Å²) in [5, 5.41) is 2.82. The van der Waals surface area contributed by atoms with E-state index >= 15 is 0 Å². The Morgan fingerprint density at radius 2 is 2.12 bits per heavy atom. The highest BCUT2D eigenvalue weighted by Crippen LogP contribution is 2.26. The standard InChI is InChI=1S/C18H18N2O4/c1-12-3-2-8-19-17(12)18(22)24-10-9-23-14-5-6-15-13(11-14)4-7-16(21)20-15/h2-3,5-6,8,11H,4,7,9-10H2,1H3,(H,20,21). The van der Waals surface area contributed by atoms with Crippen molar-refractivity contribution in [1.82, 2.24) is 4.98 Å². The Morgan fingerprint density at radius 1 is 1.25 bits per heavy atom. The van der Waals surface area contributed by atoms with E-state index in [0.717, 1.165) is 16.8 Å². The Balaban J connectivity index is 1.49. The number of nitrogens with one attached hydrogen (secondary N) is 1. The Bertz CT molecular complexity index is 773. The van der Waals surface area contributed by atoms with Gasteiger partial charge in [0.15, 0.2) is 5.69 Å². The zero-order chi connectivity index (χ0) is 16.9. The Labute approximate surface area is 139 Å². The molecule has 1 amide bonds. The van der Waals surface area contributed by atoms with Gasteiger partial charge in [-0.25, -0.2) is 9.78 Å². The van der Waals surface area contributed by atoms with Gasteiger partial charge in [-0.1, -0.05) is 6.07 Å². The van der Waals surface area contributed by atoms with E-state index in [1.54, 1.807) is 18.3 Å². The maximum atomic E-state index is 11.9. The molecule has 0 spiro atoms. The summed E-state index contributed by atoms with van der Waals surface area (Å²) in [5.41, 5.74) is 2.98. The molecular formula is C18H18N2O4. The van der Waals surface area contributed by atoms with Crippen LogP contribution in [-0.4, -0.2) is 30.1 Å². The van der Waals surface area contributed by atoms with E-state index in [1.165, 1.54) is 0 Å². The SMILES string of the molecule is Cc1cccnc1C(=O)OCCOc1ccc2c(c1)CCC(=O)N2. The maximum Gasteiger partial charge on any atom is 0.357 e. The van der Waals surface area contributed by atoms with E-state index in [2.05, 4.69) is 10.3 Å². The highest BCUT2D eigenvalue weighted by atomic mass is 16.6. The zero-order valence-electron chi connectivity index (χ0n) is 13.4. The van der Waals surface area contributed by atoms with Crippen molar-refractivity contribution in [2.75, 3.05) is 18.5 Å². The van der Waals surface area contributed by atoms with Gasteiger partial charge in [-0.05, 0) is 48.7 Å². The minimum absolute atomic E-state index is 0.0351. The minimum atomic E-state index is -0.454. The molecule has 0 bridgehead atoms. The number of fused-ring (bicyclic) bond motifs is 1. The third-order valence-electron chi connectivity index (χ3n) is 3.76. The summed E-state index contributed by atoms with van der Waals surface area (Å²) in [6.07, 6.45) is 2.75. The van der Waals surface area contributed by atoms with Gasteiger partial charge in [0.1, 0.15) is 19.0 Å². The fraction of sp³-hybridized carbons (Fsp3) is 0.278. The highest BCUT2D eigenvalue weighted by molar-refractivity contribution is 5.94. The van der Waals surface area contributed by atoms with Crippen LogP contribution in [0.4, 0.5) is 5.69 Å². The molecule has 2 heterocycles. The summed E-state index contributed by atoms with van der Waals surface area (Å²) in [7, 11) is 0. The van der Waals surface area contributed by atoms with Gasteiger partial charge in [0.2, 0.25) is 5.91 Å². The summed E-state index contributed by atoms with van der Waals surface area (Å²) in [5.74, 6) is 0.271. The van der Waals surface area contributed by atoms with Gasteiger partial charge < -0.3 is 14.8 Å². The maximum absolute atomic E-state index is 11.9. The van der Waals surface area contributed by atoms with E-state index in [4.69, 9.17) is 9.47 Å². The lowest BCUT2D eigenvalue weighted by molar-refractivity contribution is -0.116. The molecule has 0 unspecified atom stereocenters. The third kappa shape index (κ3) is 3.71. The predicted octanol–water partition coefficient (Wildman–Crippen LogP) is 2.51. The number of hydrogen-bond donors (Lipinski definition) is 1. The monoisotopic (exact) mass is 326 g/mol. The number of hydrogen-bond acceptors (Lipinski definition) is 5. The van der Waals surface area contributed by atoms with Crippen LogP contribution in [0, 0.1) is 6.92 Å². The minimum Gasteiger partial charge on any atom is -0.490 e. The van der Waals surface area contributed by atoms with E-state index in [-0.39, 0.29) is 19.1 Å².